The Morgan fingerprint density at radius 3 is 2.92 bits per heavy atom. The molecule has 1 aromatic heterocycles. The Bertz CT molecular complexity index is 717. The SMILES string of the molecule is CC=C(CCCC)c1ccc[n+](CCO[P+](=O)OC)c1C1OC=CC1=S. The van der Waals surface area contributed by atoms with E-state index < -0.39 is 8.25 Å². The Labute approximate surface area is 161 Å². The van der Waals surface area contributed by atoms with Crippen LogP contribution in [0.1, 0.15) is 50.5 Å². The average molecular weight is 395 g/mol. The molecule has 7 heteroatoms. The fourth-order valence-electron chi connectivity index (χ4n) is 2.93. The predicted molar refractivity (Wildman–Crippen MR) is 106 cm³/mol. The summed E-state index contributed by atoms with van der Waals surface area (Å²) in [6, 6.07) is 4.12. The van der Waals surface area contributed by atoms with Crippen molar-refractivity contribution in [3.05, 3.63) is 48.0 Å². The zero-order valence-electron chi connectivity index (χ0n) is 15.5. The minimum absolute atomic E-state index is 0.275. The van der Waals surface area contributed by atoms with Gasteiger partial charge in [0.15, 0.2) is 19.3 Å². The number of thiocarbonyl (C=S) groups is 1. The summed E-state index contributed by atoms with van der Waals surface area (Å²) >= 11 is 5.48. The minimum atomic E-state index is -2.08. The van der Waals surface area contributed by atoms with Crippen molar-refractivity contribution in [2.75, 3.05) is 13.7 Å². The Balaban J connectivity index is 2.36. The lowest BCUT2D eigenvalue weighted by Crippen LogP contribution is -2.43. The van der Waals surface area contributed by atoms with Gasteiger partial charge in [0.05, 0.1) is 18.2 Å². The molecule has 140 valence electrons. The Morgan fingerprint density at radius 2 is 2.31 bits per heavy atom. The molecule has 0 N–H and O–H groups in total. The van der Waals surface area contributed by atoms with Crippen LogP contribution in [-0.4, -0.2) is 18.6 Å². The molecule has 2 heterocycles. The third kappa shape index (κ3) is 5.27. The van der Waals surface area contributed by atoms with Crippen molar-refractivity contribution >= 4 is 30.9 Å². The molecule has 0 bridgehead atoms. The first-order valence-corrected chi connectivity index (χ1v) is 10.3. The Morgan fingerprint density at radius 1 is 1.50 bits per heavy atom. The summed E-state index contributed by atoms with van der Waals surface area (Å²) in [5.74, 6) is 0. The monoisotopic (exact) mass is 395 g/mol. The van der Waals surface area contributed by atoms with Gasteiger partial charge in [0, 0.05) is 16.2 Å². The highest BCUT2D eigenvalue weighted by Gasteiger charge is 2.33. The molecule has 26 heavy (non-hydrogen) atoms. The third-order valence-corrected chi connectivity index (χ3v) is 5.28. The Kier molecular flexibility index (Phi) is 8.52. The van der Waals surface area contributed by atoms with Gasteiger partial charge in [0.1, 0.15) is 0 Å². The molecule has 2 unspecified atom stereocenters. The molecule has 0 fully saturated rings. The van der Waals surface area contributed by atoms with Gasteiger partial charge in [-0.05, 0) is 37.5 Å². The zero-order chi connectivity index (χ0) is 18.9. The van der Waals surface area contributed by atoms with E-state index >= 15 is 0 Å². The smallest absolute Gasteiger partial charge is 0.481 e. The van der Waals surface area contributed by atoms with Crippen LogP contribution in [-0.2, 0) is 24.9 Å². The second-order valence-electron chi connectivity index (χ2n) is 5.88. The number of pyridine rings is 1. The summed E-state index contributed by atoms with van der Waals surface area (Å²) in [5.41, 5.74) is 3.41. The first-order valence-electron chi connectivity index (χ1n) is 8.80. The molecule has 2 rings (SSSR count). The van der Waals surface area contributed by atoms with Gasteiger partial charge in [-0.15, -0.1) is 9.05 Å². The van der Waals surface area contributed by atoms with Gasteiger partial charge < -0.3 is 4.74 Å². The second-order valence-corrected chi connectivity index (χ2v) is 7.42. The van der Waals surface area contributed by atoms with Gasteiger partial charge in [0.2, 0.25) is 11.8 Å². The molecule has 0 amide bonds. The maximum Gasteiger partial charge on any atom is 0.697 e. The molecule has 0 saturated carbocycles. The summed E-state index contributed by atoms with van der Waals surface area (Å²) in [4.78, 5) is 0.751. The molecule has 1 aliphatic rings. The van der Waals surface area contributed by atoms with Crippen molar-refractivity contribution in [2.45, 2.75) is 45.8 Å². The number of nitrogens with zero attached hydrogens (tertiary/aromatic N) is 1. The lowest BCUT2D eigenvalue weighted by molar-refractivity contribution is -0.707. The minimum Gasteiger partial charge on any atom is -0.481 e. The van der Waals surface area contributed by atoms with Crippen LogP contribution in [0.4, 0.5) is 0 Å². The van der Waals surface area contributed by atoms with Crippen LogP contribution in [0, 0.1) is 0 Å². The topological polar surface area (TPSA) is 48.6 Å². The maximum atomic E-state index is 11.4. The molecule has 1 aromatic rings. The van der Waals surface area contributed by atoms with Gasteiger partial charge in [-0.2, -0.15) is 4.57 Å². The quantitative estimate of drug-likeness (QED) is 0.322. The molecule has 0 radical (unpaired) electrons. The van der Waals surface area contributed by atoms with Crippen molar-refractivity contribution in [3.63, 3.8) is 0 Å². The fourth-order valence-corrected chi connectivity index (χ4v) is 3.49. The summed E-state index contributed by atoms with van der Waals surface area (Å²) in [6.45, 7) is 5.05. The molecule has 0 saturated heterocycles. The van der Waals surface area contributed by atoms with Crippen LogP contribution in [0.15, 0.2) is 36.7 Å². The van der Waals surface area contributed by atoms with Crippen LogP contribution < -0.4 is 4.57 Å². The van der Waals surface area contributed by atoms with Crippen molar-refractivity contribution in [1.82, 2.24) is 0 Å². The maximum absolute atomic E-state index is 11.4. The Hall–Kier alpha value is -1.46. The third-order valence-electron chi connectivity index (χ3n) is 4.24. The van der Waals surface area contributed by atoms with E-state index in [-0.39, 0.29) is 12.7 Å². The van der Waals surface area contributed by atoms with Crippen LogP contribution in [0.5, 0.6) is 0 Å². The number of hydrogen-bond acceptors (Lipinski definition) is 5. The molecule has 5 nitrogen and oxygen atoms in total. The number of aromatic nitrogens is 1. The van der Waals surface area contributed by atoms with Gasteiger partial charge in [-0.25, -0.2) is 0 Å². The van der Waals surface area contributed by atoms with Crippen LogP contribution in [0.3, 0.4) is 0 Å². The molecule has 0 aliphatic carbocycles. The van der Waals surface area contributed by atoms with Crippen molar-refractivity contribution in [1.29, 1.82) is 0 Å². The average Bonchev–Trinajstić information content (AvgIpc) is 3.08. The highest BCUT2D eigenvalue weighted by Crippen LogP contribution is 2.31. The summed E-state index contributed by atoms with van der Waals surface area (Å²) < 4.78 is 29.1. The number of hydrogen-bond donors (Lipinski definition) is 0. The van der Waals surface area contributed by atoms with Gasteiger partial charge in [-0.1, -0.05) is 31.6 Å². The highest BCUT2D eigenvalue weighted by molar-refractivity contribution is 7.80. The van der Waals surface area contributed by atoms with E-state index in [1.807, 2.05) is 18.3 Å². The van der Waals surface area contributed by atoms with E-state index in [9.17, 15) is 4.57 Å². The first-order chi connectivity index (χ1) is 12.6. The van der Waals surface area contributed by atoms with E-state index in [0.29, 0.717) is 6.54 Å². The van der Waals surface area contributed by atoms with Crippen molar-refractivity contribution < 1.29 is 22.9 Å². The van der Waals surface area contributed by atoms with Gasteiger partial charge in [0.25, 0.3) is 0 Å². The van der Waals surface area contributed by atoms with E-state index in [2.05, 4.69) is 35.1 Å². The largest absolute Gasteiger partial charge is 0.697 e. The number of unbranched alkanes of at least 4 members (excludes halogenated alkanes) is 1. The lowest BCUT2D eigenvalue weighted by atomic mass is 9.95. The molecule has 2 atom stereocenters. The second kappa shape index (κ2) is 10.6. The first kappa shape index (κ1) is 20.8. The predicted octanol–water partition coefficient (Wildman–Crippen LogP) is 4.84. The molecule has 1 aliphatic heterocycles. The number of rotatable bonds is 10. The highest BCUT2D eigenvalue weighted by atomic mass is 32.1. The van der Waals surface area contributed by atoms with Crippen molar-refractivity contribution in [3.8, 4) is 0 Å². The van der Waals surface area contributed by atoms with Crippen LogP contribution in [0.25, 0.3) is 5.57 Å². The zero-order valence-corrected chi connectivity index (χ0v) is 17.2. The van der Waals surface area contributed by atoms with E-state index in [4.69, 9.17) is 21.5 Å². The van der Waals surface area contributed by atoms with E-state index in [1.165, 1.54) is 12.7 Å². The normalized spacial score (nSPS) is 17.5. The summed E-state index contributed by atoms with van der Waals surface area (Å²) in [5, 5.41) is 0. The van der Waals surface area contributed by atoms with E-state index in [1.54, 1.807) is 6.26 Å². The molecular weight excluding hydrogens is 369 g/mol. The number of ether oxygens (including phenoxy) is 1. The fraction of sp³-hybridized carbons (Fsp3) is 0.474. The molecule has 0 spiro atoms. The summed E-state index contributed by atoms with van der Waals surface area (Å²) in [7, 11) is -0.717. The van der Waals surface area contributed by atoms with Gasteiger partial charge >= 0.3 is 8.25 Å². The standard InChI is InChI=1S/C19H26NO4PS/c1-4-6-8-15(5-2)16-9-7-11-20(12-14-24-25(21)22-3)18(16)19-17(26)10-13-23-19/h5,7,9-11,13,19H,4,6,8,12,14H2,1-3H3/q+2. The van der Waals surface area contributed by atoms with Crippen LogP contribution in [0.2, 0.25) is 0 Å². The summed E-state index contributed by atoms with van der Waals surface area (Å²) in [6.07, 6.45) is 10.6. The van der Waals surface area contributed by atoms with E-state index in [0.717, 1.165) is 35.4 Å². The van der Waals surface area contributed by atoms with Crippen molar-refractivity contribution in [2.24, 2.45) is 0 Å². The number of allylic oxidation sites excluding steroid dienone is 2. The molecule has 0 aromatic carbocycles. The molecular formula is C19H26NO4PS+2. The van der Waals surface area contributed by atoms with Crippen LogP contribution >= 0.6 is 20.5 Å². The lowest BCUT2D eigenvalue weighted by Gasteiger charge is -2.16. The van der Waals surface area contributed by atoms with Gasteiger partial charge in [-0.3, -0.25) is 0 Å².